The molecule has 5 heteroatoms. The van der Waals surface area contributed by atoms with Crippen LogP contribution in [0, 0.1) is 5.82 Å². The lowest BCUT2D eigenvalue weighted by Gasteiger charge is -2.28. The van der Waals surface area contributed by atoms with Gasteiger partial charge in [0, 0.05) is 12.1 Å². The van der Waals surface area contributed by atoms with E-state index in [1.54, 1.807) is 6.07 Å². The van der Waals surface area contributed by atoms with Crippen LogP contribution in [0.25, 0.3) is 0 Å². The Bertz CT molecular complexity index is 472. The molecule has 0 aromatic heterocycles. The van der Waals surface area contributed by atoms with Gasteiger partial charge in [-0.15, -0.1) is 0 Å². The summed E-state index contributed by atoms with van der Waals surface area (Å²) >= 11 is 0. The zero-order chi connectivity index (χ0) is 11.8. The maximum atomic E-state index is 13.8. The summed E-state index contributed by atoms with van der Waals surface area (Å²) in [5.74, 6) is -0.283. The number of fused-ring (bicyclic) bond motifs is 1. The highest BCUT2D eigenvalue weighted by atomic mass is 19.1. The van der Waals surface area contributed by atoms with Gasteiger partial charge in [-0.1, -0.05) is 0 Å². The van der Waals surface area contributed by atoms with Crippen molar-refractivity contribution >= 4 is 17.3 Å². The fourth-order valence-electron chi connectivity index (χ4n) is 2.05. The Hall–Kier alpha value is -1.62. The molecule has 2 heterocycles. The molecule has 0 spiro atoms. The van der Waals surface area contributed by atoms with E-state index >= 15 is 0 Å². The summed E-state index contributed by atoms with van der Waals surface area (Å²) in [6.07, 6.45) is 1.03. The Labute approximate surface area is 98.1 Å². The molecule has 0 saturated carbocycles. The van der Waals surface area contributed by atoms with Crippen molar-refractivity contribution in [2.75, 3.05) is 23.8 Å². The van der Waals surface area contributed by atoms with Crippen LogP contribution in [0.4, 0.5) is 15.8 Å². The van der Waals surface area contributed by atoms with Crippen LogP contribution in [-0.2, 0) is 16.0 Å². The fraction of sp³-hybridized carbons (Fsp3) is 0.417. The lowest BCUT2D eigenvalue weighted by atomic mass is 10.0. The van der Waals surface area contributed by atoms with Crippen LogP contribution in [0.3, 0.4) is 0 Å². The molecule has 2 aliphatic rings. The highest BCUT2D eigenvalue weighted by molar-refractivity contribution is 5.94. The van der Waals surface area contributed by atoms with Gasteiger partial charge in [0.25, 0.3) is 0 Å². The third-order valence-corrected chi connectivity index (χ3v) is 3.09. The molecule has 0 unspecified atom stereocenters. The van der Waals surface area contributed by atoms with Crippen molar-refractivity contribution in [1.82, 2.24) is 0 Å². The molecule has 2 N–H and O–H groups in total. The fourth-order valence-corrected chi connectivity index (χ4v) is 2.05. The van der Waals surface area contributed by atoms with E-state index in [4.69, 9.17) is 4.74 Å². The molecule has 90 valence electrons. The van der Waals surface area contributed by atoms with Crippen LogP contribution < -0.4 is 10.6 Å². The number of hydrogen-bond donors (Lipinski definition) is 2. The molecule has 0 aliphatic carbocycles. The standard InChI is InChI=1S/C12H13FN2O2/c13-9-3-7-1-2-12(16)15-10(7)4-11(9)14-8-5-17-6-8/h3-4,8,14H,1-2,5-6H2,(H,15,16). The van der Waals surface area contributed by atoms with Crippen molar-refractivity contribution in [3.8, 4) is 0 Å². The van der Waals surface area contributed by atoms with E-state index in [1.807, 2.05) is 0 Å². The molecule has 1 saturated heterocycles. The van der Waals surface area contributed by atoms with E-state index in [1.165, 1.54) is 6.07 Å². The SMILES string of the molecule is O=C1CCc2cc(F)c(NC3COC3)cc2N1. The molecular weight excluding hydrogens is 223 g/mol. The van der Waals surface area contributed by atoms with Gasteiger partial charge in [0.2, 0.25) is 5.91 Å². The van der Waals surface area contributed by atoms with Crippen LogP contribution in [0.15, 0.2) is 12.1 Å². The first-order chi connectivity index (χ1) is 8.22. The number of benzene rings is 1. The number of ether oxygens (including phenoxy) is 1. The Morgan fingerprint density at radius 1 is 1.35 bits per heavy atom. The second kappa shape index (κ2) is 4.00. The van der Waals surface area contributed by atoms with Crippen molar-refractivity contribution in [2.45, 2.75) is 18.9 Å². The zero-order valence-electron chi connectivity index (χ0n) is 9.25. The van der Waals surface area contributed by atoms with Gasteiger partial charge in [0.15, 0.2) is 0 Å². The summed E-state index contributed by atoms with van der Waals surface area (Å²) < 4.78 is 18.8. The topological polar surface area (TPSA) is 50.4 Å². The van der Waals surface area contributed by atoms with Crippen molar-refractivity contribution in [2.24, 2.45) is 0 Å². The summed E-state index contributed by atoms with van der Waals surface area (Å²) in [4.78, 5) is 11.3. The summed E-state index contributed by atoms with van der Waals surface area (Å²) in [5, 5.41) is 5.82. The van der Waals surface area contributed by atoms with Gasteiger partial charge in [-0.2, -0.15) is 0 Å². The monoisotopic (exact) mass is 236 g/mol. The first kappa shape index (κ1) is 10.5. The number of carbonyl (C=O) groups excluding carboxylic acids is 1. The summed E-state index contributed by atoms with van der Waals surface area (Å²) in [7, 11) is 0. The molecule has 1 aromatic carbocycles. The van der Waals surface area contributed by atoms with Gasteiger partial charge in [-0.05, 0) is 24.1 Å². The number of carbonyl (C=O) groups is 1. The number of aryl methyl sites for hydroxylation is 1. The first-order valence-corrected chi connectivity index (χ1v) is 5.69. The van der Waals surface area contributed by atoms with Gasteiger partial charge in [-0.3, -0.25) is 4.79 Å². The largest absolute Gasteiger partial charge is 0.377 e. The summed E-state index contributed by atoms with van der Waals surface area (Å²) in [6.45, 7) is 1.20. The molecule has 17 heavy (non-hydrogen) atoms. The normalized spacial score (nSPS) is 19.2. The lowest BCUT2D eigenvalue weighted by Crippen LogP contribution is -2.40. The minimum absolute atomic E-state index is 0.0120. The minimum Gasteiger partial charge on any atom is -0.377 e. The molecule has 2 aliphatic heterocycles. The van der Waals surface area contributed by atoms with Crippen molar-refractivity contribution < 1.29 is 13.9 Å². The quantitative estimate of drug-likeness (QED) is 0.818. The summed E-state index contributed by atoms with van der Waals surface area (Å²) in [5.41, 5.74) is 2.00. The summed E-state index contributed by atoms with van der Waals surface area (Å²) in [6, 6.07) is 3.33. The van der Waals surface area contributed by atoms with Crippen LogP contribution in [0.2, 0.25) is 0 Å². The molecule has 1 amide bonds. The number of anilines is 2. The van der Waals surface area contributed by atoms with Crippen LogP contribution in [0.1, 0.15) is 12.0 Å². The van der Waals surface area contributed by atoms with E-state index < -0.39 is 0 Å². The Kier molecular flexibility index (Phi) is 2.48. The zero-order valence-corrected chi connectivity index (χ0v) is 9.25. The predicted octanol–water partition coefficient (Wildman–Crippen LogP) is 1.52. The Morgan fingerprint density at radius 3 is 2.88 bits per heavy atom. The molecule has 1 fully saturated rings. The average Bonchev–Trinajstić information content (AvgIpc) is 2.24. The third kappa shape index (κ3) is 1.98. The predicted molar refractivity (Wildman–Crippen MR) is 61.6 cm³/mol. The maximum absolute atomic E-state index is 13.8. The van der Waals surface area contributed by atoms with E-state index in [9.17, 15) is 9.18 Å². The second-order valence-electron chi connectivity index (χ2n) is 4.42. The van der Waals surface area contributed by atoms with Gasteiger partial charge < -0.3 is 15.4 Å². The molecule has 0 atom stereocenters. The number of amides is 1. The van der Waals surface area contributed by atoms with Gasteiger partial charge in [-0.25, -0.2) is 4.39 Å². The van der Waals surface area contributed by atoms with E-state index in [0.29, 0.717) is 37.4 Å². The molecule has 4 nitrogen and oxygen atoms in total. The highest BCUT2D eigenvalue weighted by Gasteiger charge is 2.22. The average molecular weight is 236 g/mol. The maximum Gasteiger partial charge on any atom is 0.224 e. The minimum atomic E-state index is -0.271. The van der Waals surface area contributed by atoms with Crippen molar-refractivity contribution in [3.05, 3.63) is 23.5 Å². The van der Waals surface area contributed by atoms with Crippen LogP contribution in [-0.4, -0.2) is 25.2 Å². The van der Waals surface area contributed by atoms with E-state index in [0.717, 1.165) is 5.56 Å². The van der Waals surface area contributed by atoms with Crippen LogP contribution in [0.5, 0.6) is 0 Å². The Balaban J connectivity index is 1.88. The molecule has 0 bridgehead atoms. The van der Waals surface area contributed by atoms with Crippen molar-refractivity contribution in [3.63, 3.8) is 0 Å². The number of halogens is 1. The van der Waals surface area contributed by atoms with Gasteiger partial charge in [0.05, 0.1) is 24.9 Å². The van der Waals surface area contributed by atoms with E-state index in [-0.39, 0.29) is 17.8 Å². The highest BCUT2D eigenvalue weighted by Crippen LogP contribution is 2.29. The number of nitrogens with one attached hydrogen (secondary N) is 2. The van der Waals surface area contributed by atoms with Crippen molar-refractivity contribution in [1.29, 1.82) is 0 Å². The van der Waals surface area contributed by atoms with Gasteiger partial charge >= 0.3 is 0 Å². The molecule has 1 aromatic rings. The smallest absolute Gasteiger partial charge is 0.224 e. The van der Waals surface area contributed by atoms with Crippen LogP contribution >= 0.6 is 0 Å². The second-order valence-corrected chi connectivity index (χ2v) is 4.42. The molecular formula is C12H13FN2O2. The molecule has 0 radical (unpaired) electrons. The number of rotatable bonds is 2. The first-order valence-electron chi connectivity index (χ1n) is 5.69. The van der Waals surface area contributed by atoms with E-state index in [2.05, 4.69) is 10.6 Å². The lowest BCUT2D eigenvalue weighted by molar-refractivity contribution is -0.116. The number of hydrogen-bond acceptors (Lipinski definition) is 3. The molecule has 3 rings (SSSR count). The third-order valence-electron chi connectivity index (χ3n) is 3.09. The Morgan fingerprint density at radius 2 is 2.18 bits per heavy atom. The van der Waals surface area contributed by atoms with Gasteiger partial charge in [0.1, 0.15) is 5.82 Å².